The molecule has 17 heavy (non-hydrogen) atoms. The van der Waals surface area contributed by atoms with Gasteiger partial charge in [-0.3, -0.25) is 0 Å². The largest absolute Gasteiger partial charge is 0.374 e. The third kappa shape index (κ3) is 3.01. The van der Waals surface area contributed by atoms with Crippen LogP contribution in [0.15, 0.2) is 24.3 Å². The van der Waals surface area contributed by atoms with Crippen LogP contribution in [-0.2, 0) is 6.42 Å². The number of unbranched alkanes of at least 4 members (excludes halogenated alkanes) is 2. The molecule has 94 valence electrons. The molecule has 0 aliphatic carbocycles. The number of aliphatic hydroxyl groups excluding tert-OH is 1. The minimum absolute atomic E-state index is 0.303. The lowest BCUT2D eigenvalue weighted by Gasteiger charge is -2.35. The summed E-state index contributed by atoms with van der Waals surface area (Å²) >= 11 is 0. The Morgan fingerprint density at radius 3 is 2.94 bits per heavy atom. The van der Waals surface area contributed by atoms with Crippen molar-refractivity contribution < 1.29 is 5.11 Å². The summed E-state index contributed by atoms with van der Waals surface area (Å²) < 4.78 is 0. The predicted molar refractivity (Wildman–Crippen MR) is 72.3 cm³/mol. The summed E-state index contributed by atoms with van der Waals surface area (Å²) in [7, 11) is 0. The molecule has 1 aromatic carbocycles. The van der Waals surface area contributed by atoms with Gasteiger partial charge in [-0.15, -0.1) is 0 Å². The monoisotopic (exact) mass is 233 g/mol. The quantitative estimate of drug-likeness (QED) is 0.788. The maximum Gasteiger partial charge on any atom is 0.126 e. The second-order valence-electron chi connectivity index (χ2n) is 4.90. The highest BCUT2D eigenvalue weighted by Gasteiger charge is 2.21. The molecule has 0 fully saturated rings. The third-order valence-corrected chi connectivity index (χ3v) is 3.57. The first-order chi connectivity index (χ1) is 8.33. The first kappa shape index (κ1) is 12.4. The highest BCUT2D eigenvalue weighted by atomic mass is 16.3. The van der Waals surface area contributed by atoms with E-state index in [4.69, 9.17) is 0 Å². The summed E-state index contributed by atoms with van der Waals surface area (Å²) in [6.45, 7) is 3.19. The molecule has 0 saturated carbocycles. The van der Waals surface area contributed by atoms with E-state index in [-0.39, 0.29) is 6.23 Å². The van der Waals surface area contributed by atoms with Crippen molar-refractivity contribution in [3.05, 3.63) is 29.8 Å². The minimum Gasteiger partial charge on any atom is -0.374 e. The van der Waals surface area contributed by atoms with Crippen LogP contribution in [0.2, 0.25) is 0 Å². The molecule has 0 bridgehead atoms. The van der Waals surface area contributed by atoms with Gasteiger partial charge < -0.3 is 10.0 Å². The fourth-order valence-electron chi connectivity index (χ4n) is 2.61. The van der Waals surface area contributed by atoms with Gasteiger partial charge in [-0.1, -0.05) is 38.0 Å². The molecule has 1 unspecified atom stereocenters. The molecule has 1 aromatic rings. The molecule has 1 N–H and O–H groups in total. The van der Waals surface area contributed by atoms with Crippen LogP contribution in [0.25, 0.3) is 0 Å². The van der Waals surface area contributed by atoms with E-state index >= 15 is 0 Å². The van der Waals surface area contributed by atoms with E-state index in [2.05, 4.69) is 36.1 Å². The average Bonchev–Trinajstić information content (AvgIpc) is 2.38. The molecule has 0 spiro atoms. The molecule has 2 nitrogen and oxygen atoms in total. The van der Waals surface area contributed by atoms with Crippen LogP contribution in [0.1, 0.15) is 44.6 Å². The number of anilines is 1. The Balaban J connectivity index is 2.02. The van der Waals surface area contributed by atoms with Gasteiger partial charge in [0, 0.05) is 12.2 Å². The standard InChI is InChI=1S/C15H23NO/c1-2-3-4-11-15(17)16-12-7-9-13-8-5-6-10-14(13)16/h5-6,8,10,15,17H,2-4,7,9,11-12H2,1H3. The molecule has 0 radical (unpaired) electrons. The van der Waals surface area contributed by atoms with Gasteiger partial charge in [-0.2, -0.15) is 0 Å². The Bertz CT molecular complexity index is 351. The van der Waals surface area contributed by atoms with E-state index in [1.165, 1.54) is 24.1 Å². The highest BCUT2D eigenvalue weighted by molar-refractivity contribution is 5.55. The van der Waals surface area contributed by atoms with Gasteiger partial charge in [-0.25, -0.2) is 0 Å². The van der Waals surface area contributed by atoms with Crippen LogP contribution in [0, 0.1) is 0 Å². The fraction of sp³-hybridized carbons (Fsp3) is 0.600. The lowest BCUT2D eigenvalue weighted by molar-refractivity contribution is 0.153. The summed E-state index contributed by atoms with van der Waals surface area (Å²) in [4.78, 5) is 2.18. The van der Waals surface area contributed by atoms with Gasteiger partial charge in [0.25, 0.3) is 0 Å². The van der Waals surface area contributed by atoms with E-state index in [0.29, 0.717) is 0 Å². The van der Waals surface area contributed by atoms with Gasteiger partial charge >= 0.3 is 0 Å². The molecular formula is C15H23NO. The van der Waals surface area contributed by atoms with Crippen molar-refractivity contribution in [3.8, 4) is 0 Å². The fourth-order valence-corrected chi connectivity index (χ4v) is 2.61. The second-order valence-corrected chi connectivity index (χ2v) is 4.90. The minimum atomic E-state index is -0.303. The number of hydrogen-bond acceptors (Lipinski definition) is 2. The average molecular weight is 233 g/mol. The Labute approximate surface area is 104 Å². The van der Waals surface area contributed by atoms with Crippen molar-refractivity contribution in [1.82, 2.24) is 0 Å². The zero-order chi connectivity index (χ0) is 12.1. The van der Waals surface area contributed by atoms with Gasteiger partial charge in [0.2, 0.25) is 0 Å². The van der Waals surface area contributed by atoms with Crippen molar-refractivity contribution in [2.45, 2.75) is 51.7 Å². The predicted octanol–water partition coefficient (Wildman–Crippen LogP) is 3.34. The molecule has 1 aliphatic heterocycles. The third-order valence-electron chi connectivity index (χ3n) is 3.57. The van der Waals surface area contributed by atoms with E-state index in [9.17, 15) is 5.11 Å². The van der Waals surface area contributed by atoms with E-state index in [0.717, 1.165) is 32.2 Å². The molecule has 2 heteroatoms. The Hall–Kier alpha value is -1.02. The molecule has 0 aromatic heterocycles. The Morgan fingerprint density at radius 2 is 2.12 bits per heavy atom. The summed E-state index contributed by atoms with van der Waals surface area (Å²) in [5.41, 5.74) is 2.62. The number of nitrogens with zero attached hydrogens (tertiary/aromatic N) is 1. The second kappa shape index (κ2) is 6.06. The molecule has 0 saturated heterocycles. The molecule has 1 aliphatic rings. The van der Waals surface area contributed by atoms with Crippen LogP contribution < -0.4 is 4.90 Å². The Kier molecular flexibility index (Phi) is 4.43. The summed E-state index contributed by atoms with van der Waals surface area (Å²) in [6.07, 6.45) is 6.44. The van der Waals surface area contributed by atoms with Crippen molar-refractivity contribution in [1.29, 1.82) is 0 Å². The summed E-state index contributed by atoms with van der Waals surface area (Å²) in [6, 6.07) is 8.47. The maximum absolute atomic E-state index is 10.3. The van der Waals surface area contributed by atoms with Crippen LogP contribution in [0.4, 0.5) is 5.69 Å². The lowest BCUT2D eigenvalue weighted by atomic mass is 10.0. The lowest BCUT2D eigenvalue weighted by Crippen LogP contribution is -2.38. The molecule has 1 heterocycles. The number of rotatable bonds is 5. The van der Waals surface area contributed by atoms with Crippen LogP contribution >= 0.6 is 0 Å². The molecule has 1 atom stereocenters. The van der Waals surface area contributed by atoms with Crippen molar-refractivity contribution in [3.63, 3.8) is 0 Å². The van der Waals surface area contributed by atoms with Crippen molar-refractivity contribution >= 4 is 5.69 Å². The van der Waals surface area contributed by atoms with Crippen molar-refractivity contribution in [2.75, 3.05) is 11.4 Å². The van der Waals surface area contributed by atoms with E-state index in [1.807, 2.05) is 0 Å². The topological polar surface area (TPSA) is 23.5 Å². The molecular weight excluding hydrogens is 210 g/mol. The number of hydrogen-bond donors (Lipinski definition) is 1. The van der Waals surface area contributed by atoms with Gasteiger partial charge in [0.05, 0.1) is 0 Å². The van der Waals surface area contributed by atoms with Gasteiger partial charge in [-0.05, 0) is 37.3 Å². The smallest absolute Gasteiger partial charge is 0.126 e. The van der Waals surface area contributed by atoms with E-state index < -0.39 is 0 Å². The normalized spacial score (nSPS) is 16.7. The van der Waals surface area contributed by atoms with Gasteiger partial charge in [0.15, 0.2) is 0 Å². The zero-order valence-corrected chi connectivity index (χ0v) is 10.7. The number of aryl methyl sites for hydroxylation is 1. The number of aliphatic hydroxyl groups is 1. The first-order valence-corrected chi connectivity index (χ1v) is 6.85. The number of fused-ring (bicyclic) bond motifs is 1. The van der Waals surface area contributed by atoms with Crippen LogP contribution in [0.5, 0.6) is 0 Å². The molecule has 2 rings (SSSR count). The number of para-hydroxylation sites is 1. The van der Waals surface area contributed by atoms with Crippen LogP contribution in [-0.4, -0.2) is 17.9 Å². The Morgan fingerprint density at radius 1 is 1.29 bits per heavy atom. The molecule has 0 amide bonds. The summed E-state index contributed by atoms with van der Waals surface area (Å²) in [5, 5.41) is 10.3. The van der Waals surface area contributed by atoms with Crippen LogP contribution in [0.3, 0.4) is 0 Å². The maximum atomic E-state index is 10.3. The SMILES string of the molecule is CCCCCC(O)N1CCCc2ccccc21. The van der Waals surface area contributed by atoms with E-state index in [1.54, 1.807) is 0 Å². The zero-order valence-electron chi connectivity index (χ0n) is 10.7. The van der Waals surface area contributed by atoms with Gasteiger partial charge in [0.1, 0.15) is 6.23 Å². The number of benzene rings is 1. The first-order valence-electron chi connectivity index (χ1n) is 6.85. The highest BCUT2D eigenvalue weighted by Crippen LogP contribution is 2.28. The van der Waals surface area contributed by atoms with Crippen molar-refractivity contribution in [2.24, 2.45) is 0 Å². The summed E-state index contributed by atoms with van der Waals surface area (Å²) in [5.74, 6) is 0.